The van der Waals surface area contributed by atoms with E-state index in [1.165, 1.54) is 13.3 Å². The van der Waals surface area contributed by atoms with Crippen molar-refractivity contribution in [3.05, 3.63) is 18.1 Å². The number of aromatic nitrogens is 2. The highest BCUT2D eigenvalue weighted by Crippen LogP contribution is 2.11. The molecule has 1 aromatic rings. The summed E-state index contributed by atoms with van der Waals surface area (Å²) >= 11 is 0. The summed E-state index contributed by atoms with van der Waals surface area (Å²) in [6, 6.07) is 1.22. The zero-order valence-electron chi connectivity index (χ0n) is 11.6. The summed E-state index contributed by atoms with van der Waals surface area (Å²) in [5, 5.41) is 2.99. The van der Waals surface area contributed by atoms with Gasteiger partial charge in [0.25, 0.3) is 0 Å². The third-order valence-corrected chi connectivity index (χ3v) is 3.18. The number of esters is 1. The summed E-state index contributed by atoms with van der Waals surface area (Å²) < 4.78 is 4.56. The minimum absolute atomic E-state index is 0.0293. The lowest BCUT2D eigenvalue weighted by atomic mass is 10.3. The average Bonchev–Trinajstić information content (AvgIpc) is 3.00. The number of carbonyl (C=O) groups excluding carboxylic acids is 2. The first-order valence-corrected chi connectivity index (χ1v) is 6.58. The van der Waals surface area contributed by atoms with Crippen molar-refractivity contribution in [2.45, 2.75) is 25.8 Å². The third-order valence-electron chi connectivity index (χ3n) is 3.18. The molecule has 0 radical (unpaired) electrons. The van der Waals surface area contributed by atoms with Gasteiger partial charge in [0.2, 0.25) is 11.7 Å². The van der Waals surface area contributed by atoms with Gasteiger partial charge in [0.05, 0.1) is 7.11 Å². The molecule has 1 unspecified atom stereocenters. The molecule has 1 saturated heterocycles. The molecule has 1 atom stereocenters. The summed E-state index contributed by atoms with van der Waals surface area (Å²) in [5.41, 5.74) is 0. The molecule has 0 spiro atoms. The maximum atomic E-state index is 12.2. The Balaban J connectivity index is 2.01. The van der Waals surface area contributed by atoms with E-state index in [1.54, 1.807) is 13.0 Å². The molecule has 20 heavy (non-hydrogen) atoms. The fraction of sp³-hybridized carbons (Fsp3) is 0.538. The molecular formula is C13H18N4O3. The van der Waals surface area contributed by atoms with Crippen LogP contribution in [0, 0.1) is 0 Å². The molecule has 0 saturated carbocycles. The molecule has 7 heteroatoms. The predicted molar refractivity (Wildman–Crippen MR) is 72.3 cm³/mol. The quantitative estimate of drug-likeness (QED) is 0.816. The van der Waals surface area contributed by atoms with Gasteiger partial charge in [-0.3, -0.25) is 4.79 Å². The highest BCUT2D eigenvalue weighted by Gasteiger charge is 2.23. The normalized spacial score (nSPS) is 15.8. The van der Waals surface area contributed by atoms with Gasteiger partial charge < -0.3 is 15.0 Å². The van der Waals surface area contributed by atoms with E-state index < -0.39 is 12.0 Å². The second kappa shape index (κ2) is 6.31. The van der Waals surface area contributed by atoms with Crippen molar-refractivity contribution < 1.29 is 14.3 Å². The largest absolute Gasteiger partial charge is 0.463 e. The maximum absolute atomic E-state index is 12.2. The maximum Gasteiger partial charge on any atom is 0.376 e. The van der Waals surface area contributed by atoms with E-state index in [0.717, 1.165) is 25.9 Å². The van der Waals surface area contributed by atoms with Crippen LogP contribution >= 0.6 is 0 Å². The van der Waals surface area contributed by atoms with Gasteiger partial charge in [-0.05, 0) is 25.8 Å². The number of ether oxygens (including phenoxy) is 1. The average molecular weight is 278 g/mol. The molecule has 0 bridgehead atoms. The molecule has 1 aliphatic rings. The first-order valence-electron chi connectivity index (χ1n) is 6.58. The second-order valence-corrected chi connectivity index (χ2v) is 4.66. The van der Waals surface area contributed by atoms with Crippen LogP contribution in [0.3, 0.4) is 0 Å². The zero-order valence-corrected chi connectivity index (χ0v) is 11.6. The Hall–Kier alpha value is -2.18. The fourth-order valence-corrected chi connectivity index (χ4v) is 2.12. The number of rotatable bonds is 4. The first kappa shape index (κ1) is 14.2. The highest BCUT2D eigenvalue weighted by atomic mass is 16.5. The Morgan fingerprint density at radius 3 is 2.75 bits per heavy atom. The van der Waals surface area contributed by atoms with E-state index in [4.69, 9.17) is 0 Å². The third kappa shape index (κ3) is 3.23. The summed E-state index contributed by atoms with van der Waals surface area (Å²) in [5.74, 6) is -0.160. The van der Waals surface area contributed by atoms with Gasteiger partial charge >= 0.3 is 5.97 Å². The van der Waals surface area contributed by atoms with Crippen molar-refractivity contribution in [2.24, 2.45) is 0 Å². The SMILES string of the molecule is COC(=O)c1nccc(NC(C)C(=O)N2CCCC2)n1. The van der Waals surface area contributed by atoms with Gasteiger partial charge in [0.15, 0.2) is 0 Å². The molecule has 1 aliphatic heterocycles. The lowest BCUT2D eigenvalue weighted by molar-refractivity contribution is -0.130. The van der Waals surface area contributed by atoms with Crippen molar-refractivity contribution in [1.82, 2.24) is 14.9 Å². The number of hydrogen-bond donors (Lipinski definition) is 1. The van der Waals surface area contributed by atoms with E-state index in [2.05, 4.69) is 20.0 Å². The van der Waals surface area contributed by atoms with E-state index in [-0.39, 0.29) is 11.7 Å². The van der Waals surface area contributed by atoms with Gasteiger partial charge in [0.1, 0.15) is 11.9 Å². The number of hydrogen-bond acceptors (Lipinski definition) is 6. The number of nitrogens with one attached hydrogen (secondary N) is 1. The van der Waals surface area contributed by atoms with Crippen molar-refractivity contribution in [3.63, 3.8) is 0 Å². The van der Waals surface area contributed by atoms with Crippen LogP contribution in [0.5, 0.6) is 0 Å². The molecule has 1 fully saturated rings. The minimum atomic E-state index is -0.604. The number of nitrogens with zero attached hydrogens (tertiary/aromatic N) is 3. The molecule has 1 amide bonds. The van der Waals surface area contributed by atoms with Crippen LogP contribution in [0.15, 0.2) is 12.3 Å². The van der Waals surface area contributed by atoms with Crippen LogP contribution in [-0.2, 0) is 9.53 Å². The number of carbonyl (C=O) groups is 2. The lowest BCUT2D eigenvalue weighted by Crippen LogP contribution is -2.39. The molecule has 2 rings (SSSR count). The van der Waals surface area contributed by atoms with Gasteiger partial charge in [-0.15, -0.1) is 0 Å². The number of amides is 1. The number of likely N-dealkylation sites (tertiary alicyclic amines) is 1. The van der Waals surface area contributed by atoms with Crippen molar-refractivity contribution in [2.75, 3.05) is 25.5 Å². The highest BCUT2D eigenvalue weighted by molar-refractivity contribution is 5.86. The monoisotopic (exact) mass is 278 g/mol. The number of methoxy groups -OCH3 is 1. The number of anilines is 1. The molecule has 0 aliphatic carbocycles. The molecule has 0 aromatic carbocycles. The van der Waals surface area contributed by atoms with Crippen LogP contribution in [0.2, 0.25) is 0 Å². The van der Waals surface area contributed by atoms with E-state index in [0.29, 0.717) is 5.82 Å². The van der Waals surface area contributed by atoms with Crippen molar-refractivity contribution in [3.8, 4) is 0 Å². The topological polar surface area (TPSA) is 84.4 Å². The molecule has 108 valence electrons. The Morgan fingerprint density at radius 2 is 2.10 bits per heavy atom. The van der Waals surface area contributed by atoms with Crippen molar-refractivity contribution in [1.29, 1.82) is 0 Å². The van der Waals surface area contributed by atoms with Crippen molar-refractivity contribution >= 4 is 17.7 Å². The van der Waals surface area contributed by atoms with Gasteiger partial charge in [-0.2, -0.15) is 0 Å². The Morgan fingerprint density at radius 1 is 1.40 bits per heavy atom. The van der Waals surface area contributed by atoms with Crippen LogP contribution in [0.1, 0.15) is 30.4 Å². The molecular weight excluding hydrogens is 260 g/mol. The molecule has 7 nitrogen and oxygen atoms in total. The minimum Gasteiger partial charge on any atom is -0.463 e. The van der Waals surface area contributed by atoms with Crippen LogP contribution in [0.4, 0.5) is 5.82 Å². The van der Waals surface area contributed by atoms with Crippen LogP contribution < -0.4 is 5.32 Å². The lowest BCUT2D eigenvalue weighted by Gasteiger charge is -2.21. The zero-order chi connectivity index (χ0) is 14.5. The molecule has 1 aromatic heterocycles. The van der Waals surface area contributed by atoms with E-state index >= 15 is 0 Å². The Labute approximate surface area is 117 Å². The summed E-state index contributed by atoms with van der Waals surface area (Å²) in [4.78, 5) is 33.2. The van der Waals surface area contributed by atoms with Gasteiger partial charge in [-0.1, -0.05) is 0 Å². The van der Waals surface area contributed by atoms with E-state index in [9.17, 15) is 9.59 Å². The van der Waals surface area contributed by atoms with Crippen LogP contribution in [0.25, 0.3) is 0 Å². The first-order chi connectivity index (χ1) is 9.61. The standard InChI is InChI=1S/C13H18N4O3/c1-9(12(18)17-7-3-4-8-17)15-10-5-6-14-11(16-10)13(19)20-2/h5-6,9H,3-4,7-8H2,1-2H3,(H,14,15,16). The fourth-order valence-electron chi connectivity index (χ4n) is 2.12. The predicted octanol–water partition coefficient (Wildman–Crippen LogP) is 0.686. The summed E-state index contributed by atoms with van der Waals surface area (Å²) in [6.07, 6.45) is 3.56. The second-order valence-electron chi connectivity index (χ2n) is 4.66. The Bertz CT molecular complexity index is 500. The van der Waals surface area contributed by atoms with Crippen LogP contribution in [-0.4, -0.2) is 53.0 Å². The summed E-state index contributed by atoms with van der Waals surface area (Å²) in [6.45, 7) is 3.39. The van der Waals surface area contributed by atoms with Gasteiger partial charge in [-0.25, -0.2) is 14.8 Å². The molecule has 1 N–H and O–H groups in total. The van der Waals surface area contributed by atoms with E-state index in [1.807, 2.05) is 4.90 Å². The van der Waals surface area contributed by atoms with Gasteiger partial charge in [0, 0.05) is 19.3 Å². The smallest absolute Gasteiger partial charge is 0.376 e. The summed E-state index contributed by atoms with van der Waals surface area (Å²) in [7, 11) is 1.27. The molecule has 2 heterocycles. The Kier molecular flexibility index (Phi) is 4.49.